The highest BCUT2D eigenvalue weighted by atomic mass is 16.6. The van der Waals surface area contributed by atoms with Gasteiger partial charge in [-0.05, 0) is 31.9 Å². The van der Waals surface area contributed by atoms with Crippen molar-refractivity contribution in [2.45, 2.75) is 39.5 Å². The molecule has 1 aromatic rings. The van der Waals surface area contributed by atoms with Crippen LogP contribution in [0.4, 0.5) is 4.79 Å². The molecule has 6 heteroatoms. The van der Waals surface area contributed by atoms with Gasteiger partial charge < -0.3 is 19.4 Å². The van der Waals surface area contributed by atoms with Crippen LogP contribution in [0.1, 0.15) is 31.9 Å². The molecule has 0 saturated carbocycles. The maximum Gasteiger partial charge on any atom is 0.410 e. The van der Waals surface area contributed by atoms with Gasteiger partial charge in [-0.25, -0.2) is 9.79 Å². The Morgan fingerprint density at radius 3 is 1.88 bits per heavy atom. The molecule has 1 amide bonds. The summed E-state index contributed by atoms with van der Waals surface area (Å²) in [6.45, 7) is 6.73. The number of rotatable bonds is 4. The van der Waals surface area contributed by atoms with Crippen molar-refractivity contribution in [2.75, 3.05) is 35.2 Å². The van der Waals surface area contributed by atoms with Crippen LogP contribution in [0.3, 0.4) is 0 Å². The second kappa shape index (κ2) is 8.74. The number of carbonyl (C=O) groups is 1. The van der Waals surface area contributed by atoms with Gasteiger partial charge in [0.1, 0.15) is 5.60 Å². The highest BCUT2D eigenvalue weighted by Crippen LogP contribution is 2.12. The summed E-state index contributed by atoms with van der Waals surface area (Å²) in [4.78, 5) is 22.2. The summed E-state index contributed by atoms with van der Waals surface area (Å²) >= 11 is 0. The third-order valence-electron chi connectivity index (χ3n) is 3.35. The third-order valence-corrected chi connectivity index (χ3v) is 3.35. The van der Waals surface area contributed by atoms with Crippen molar-refractivity contribution in [1.82, 2.24) is 14.7 Å². The van der Waals surface area contributed by atoms with Crippen molar-refractivity contribution in [3.63, 3.8) is 0 Å². The summed E-state index contributed by atoms with van der Waals surface area (Å²) in [5.41, 5.74) is 1.70. The third kappa shape index (κ3) is 7.45. The van der Waals surface area contributed by atoms with E-state index in [2.05, 4.69) is 4.99 Å². The van der Waals surface area contributed by atoms with Gasteiger partial charge in [-0.15, -0.1) is 0 Å². The molecule has 0 heterocycles. The Bertz CT molecular complexity index is 576. The molecule has 0 saturated heterocycles. The van der Waals surface area contributed by atoms with Gasteiger partial charge in [-0.1, -0.05) is 24.3 Å². The first-order chi connectivity index (χ1) is 11.5. The van der Waals surface area contributed by atoms with E-state index in [1.54, 1.807) is 11.9 Å². The number of amides is 1. The lowest BCUT2D eigenvalue weighted by Gasteiger charge is -2.24. The zero-order valence-corrected chi connectivity index (χ0v) is 16.8. The van der Waals surface area contributed by atoms with Crippen LogP contribution in [0.25, 0.3) is 0 Å². The molecule has 0 aliphatic rings. The fourth-order valence-electron chi connectivity index (χ4n) is 2.27. The van der Waals surface area contributed by atoms with Crippen LogP contribution in [-0.4, -0.2) is 67.6 Å². The summed E-state index contributed by atoms with van der Waals surface area (Å²) in [5.74, 6) is 0.925. The number of carbonyl (C=O) groups excluding carboxylic acids is 1. The van der Waals surface area contributed by atoms with E-state index in [0.29, 0.717) is 13.1 Å². The molecule has 25 heavy (non-hydrogen) atoms. The molecule has 0 N–H and O–H groups in total. The smallest absolute Gasteiger partial charge is 0.410 e. The van der Waals surface area contributed by atoms with E-state index in [1.807, 2.05) is 83.0 Å². The molecule has 0 atom stereocenters. The van der Waals surface area contributed by atoms with E-state index < -0.39 is 5.60 Å². The minimum absolute atomic E-state index is 0.317. The normalized spacial score (nSPS) is 10.9. The SMILES string of the molecule is CN(C)C(=NCc1ccc(CN(C)C(=O)OC(C)(C)C)cc1)N(C)C. The number of aliphatic imine (C=N–C) groups is 1. The molecule has 6 nitrogen and oxygen atoms in total. The Morgan fingerprint density at radius 2 is 1.44 bits per heavy atom. The van der Waals surface area contributed by atoms with Gasteiger partial charge in [-0.3, -0.25) is 0 Å². The molecule has 0 radical (unpaired) electrons. The van der Waals surface area contributed by atoms with Crippen LogP contribution >= 0.6 is 0 Å². The molecule has 0 unspecified atom stereocenters. The molecule has 1 aromatic carbocycles. The highest BCUT2D eigenvalue weighted by molar-refractivity contribution is 5.79. The Morgan fingerprint density at radius 1 is 0.960 bits per heavy atom. The van der Waals surface area contributed by atoms with E-state index in [4.69, 9.17) is 4.74 Å². The number of hydrogen-bond acceptors (Lipinski definition) is 3. The van der Waals surface area contributed by atoms with E-state index in [-0.39, 0.29) is 6.09 Å². The van der Waals surface area contributed by atoms with Crippen molar-refractivity contribution in [3.05, 3.63) is 35.4 Å². The van der Waals surface area contributed by atoms with Gasteiger partial charge in [0.15, 0.2) is 5.96 Å². The molecule has 0 aliphatic carbocycles. The first-order valence-electron chi connectivity index (χ1n) is 8.40. The van der Waals surface area contributed by atoms with Crippen LogP contribution in [0, 0.1) is 0 Å². The average Bonchev–Trinajstić information content (AvgIpc) is 2.46. The van der Waals surface area contributed by atoms with E-state index in [1.165, 1.54) is 0 Å². The lowest BCUT2D eigenvalue weighted by molar-refractivity contribution is 0.0285. The summed E-state index contributed by atoms with van der Waals surface area (Å²) in [6, 6.07) is 8.14. The van der Waals surface area contributed by atoms with Gasteiger partial charge in [0, 0.05) is 41.8 Å². The predicted molar refractivity (Wildman–Crippen MR) is 103 cm³/mol. The largest absolute Gasteiger partial charge is 0.444 e. The Hall–Kier alpha value is -2.24. The lowest BCUT2D eigenvalue weighted by Crippen LogP contribution is -2.35. The van der Waals surface area contributed by atoms with Crippen LogP contribution in [0.5, 0.6) is 0 Å². The number of nitrogens with zero attached hydrogens (tertiary/aromatic N) is 4. The summed E-state index contributed by atoms with van der Waals surface area (Å²) in [5, 5.41) is 0. The highest BCUT2D eigenvalue weighted by Gasteiger charge is 2.19. The van der Waals surface area contributed by atoms with Crippen molar-refractivity contribution in [3.8, 4) is 0 Å². The maximum absolute atomic E-state index is 12.0. The predicted octanol–water partition coefficient (Wildman–Crippen LogP) is 3.03. The number of benzene rings is 1. The van der Waals surface area contributed by atoms with E-state index >= 15 is 0 Å². The van der Waals surface area contributed by atoms with Gasteiger partial charge in [0.25, 0.3) is 0 Å². The van der Waals surface area contributed by atoms with E-state index in [0.717, 1.165) is 17.1 Å². The lowest BCUT2D eigenvalue weighted by atomic mass is 10.1. The van der Waals surface area contributed by atoms with Gasteiger partial charge in [0.05, 0.1) is 6.54 Å². The fraction of sp³-hybridized carbons (Fsp3) is 0.579. The summed E-state index contributed by atoms with van der Waals surface area (Å²) < 4.78 is 5.37. The van der Waals surface area contributed by atoms with Crippen LogP contribution in [0.2, 0.25) is 0 Å². The number of hydrogen-bond donors (Lipinski definition) is 0. The van der Waals surface area contributed by atoms with Gasteiger partial charge in [0.2, 0.25) is 0 Å². The van der Waals surface area contributed by atoms with Crippen LogP contribution < -0.4 is 0 Å². The molecular formula is C19H32N4O2. The minimum atomic E-state index is -0.482. The quantitative estimate of drug-likeness (QED) is 0.620. The monoisotopic (exact) mass is 348 g/mol. The molecule has 0 bridgehead atoms. The topological polar surface area (TPSA) is 48.4 Å². The zero-order valence-electron chi connectivity index (χ0n) is 16.8. The zero-order chi connectivity index (χ0) is 19.2. The second-order valence-electron chi connectivity index (χ2n) is 7.56. The number of ether oxygens (including phenoxy) is 1. The standard InChI is InChI=1S/C19H32N4O2/c1-19(2,3)25-18(24)23(8)14-16-11-9-15(10-12-16)13-20-17(21(4)5)22(6)7/h9-12H,13-14H2,1-8H3. The average molecular weight is 348 g/mol. The van der Waals surface area contributed by atoms with Gasteiger partial charge >= 0.3 is 6.09 Å². The second-order valence-corrected chi connectivity index (χ2v) is 7.56. The summed E-state index contributed by atoms with van der Waals surface area (Å²) in [7, 11) is 9.67. The minimum Gasteiger partial charge on any atom is -0.444 e. The fourth-order valence-corrected chi connectivity index (χ4v) is 2.27. The van der Waals surface area contributed by atoms with Crippen molar-refractivity contribution >= 4 is 12.1 Å². The first-order valence-corrected chi connectivity index (χ1v) is 8.40. The van der Waals surface area contributed by atoms with Crippen molar-refractivity contribution in [1.29, 1.82) is 0 Å². The van der Waals surface area contributed by atoms with Crippen molar-refractivity contribution in [2.24, 2.45) is 4.99 Å². The Kier molecular flexibility index (Phi) is 7.27. The molecule has 0 spiro atoms. The van der Waals surface area contributed by atoms with Crippen LogP contribution in [0.15, 0.2) is 29.3 Å². The molecule has 0 fully saturated rings. The Labute approximate surface area is 152 Å². The molecule has 1 rings (SSSR count). The molecule has 0 aliphatic heterocycles. The van der Waals surface area contributed by atoms with E-state index in [9.17, 15) is 4.79 Å². The molecular weight excluding hydrogens is 316 g/mol. The van der Waals surface area contributed by atoms with Crippen molar-refractivity contribution < 1.29 is 9.53 Å². The molecule has 0 aromatic heterocycles. The first kappa shape index (κ1) is 20.8. The Balaban J connectivity index is 2.67. The molecule has 140 valence electrons. The number of guanidine groups is 1. The van der Waals surface area contributed by atoms with Crippen LogP contribution in [-0.2, 0) is 17.8 Å². The summed E-state index contributed by atoms with van der Waals surface area (Å²) in [6.07, 6.45) is -0.317. The van der Waals surface area contributed by atoms with Gasteiger partial charge in [-0.2, -0.15) is 0 Å². The maximum atomic E-state index is 12.0.